The number of nitrogens with zero attached hydrogens (tertiary/aromatic N) is 2. The molecule has 2 fully saturated rings. The largest absolute Gasteiger partial charge is 0.444 e. The van der Waals surface area contributed by atoms with Crippen molar-refractivity contribution in [1.82, 2.24) is 4.90 Å². The van der Waals surface area contributed by atoms with Crippen LogP contribution < -0.4 is 0 Å². The Morgan fingerprint density at radius 1 is 1.33 bits per heavy atom. The fourth-order valence-electron chi connectivity index (χ4n) is 2.85. The van der Waals surface area contributed by atoms with E-state index in [1.165, 1.54) is 0 Å². The van der Waals surface area contributed by atoms with Gasteiger partial charge in [0, 0.05) is 24.9 Å². The summed E-state index contributed by atoms with van der Waals surface area (Å²) in [5, 5.41) is 12.5. The van der Waals surface area contributed by atoms with Gasteiger partial charge in [0.25, 0.3) is 0 Å². The van der Waals surface area contributed by atoms with Gasteiger partial charge in [0.2, 0.25) is 0 Å². The molecule has 2 atom stereocenters. The highest BCUT2D eigenvalue weighted by atomic mass is 16.6. The van der Waals surface area contributed by atoms with Crippen LogP contribution >= 0.6 is 0 Å². The standard InChI is InChI=1S/C13H22N2O3/c1-13(2,3)18-12(16)15-7-9-5-4-6-10(8-15)11(9)14-17/h9-10,17H,4-8H2,1-3H3. The number of fused-ring (bicyclic) bond motifs is 2. The van der Waals surface area contributed by atoms with Crippen molar-refractivity contribution in [3.05, 3.63) is 0 Å². The molecule has 1 saturated heterocycles. The molecule has 0 radical (unpaired) electrons. The zero-order valence-corrected chi connectivity index (χ0v) is 11.3. The van der Waals surface area contributed by atoms with Gasteiger partial charge in [0.15, 0.2) is 0 Å². The topological polar surface area (TPSA) is 62.1 Å². The molecule has 1 N–H and O–H groups in total. The van der Waals surface area contributed by atoms with E-state index >= 15 is 0 Å². The molecule has 2 bridgehead atoms. The molecule has 1 saturated carbocycles. The minimum Gasteiger partial charge on any atom is -0.444 e. The number of hydrogen-bond acceptors (Lipinski definition) is 4. The van der Waals surface area contributed by atoms with Crippen LogP contribution in [0.1, 0.15) is 40.0 Å². The number of oxime groups is 1. The predicted octanol–water partition coefficient (Wildman–Crippen LogP) is 2.48. The maximum absolute atomic E-state index is 12.0. The van der Waals surface area contributed by atoms with Crippen LogP contribution in [0.3, 0.4) is 0 Å². The molecule has 0 aromatic heterocycles. The van der Waals surface area contributed by atoms with Crippen molar-refractivity contribution in [2.45, 2.75) is 45.6 Å². The molecule has 0 aromatic carbocycles. The summed E-state index contributed by atoms with van der Waals surface area (Å²) in [5.74, 6) is 0.407. The fraction of sp³-hybridized carbons (Fsp3) is 0.846. The minimum absolute atomic E-state index is 0.204. The molecule has 1 heterocycles. The van der Waals surface area contributed by atoms with Gasteiger partial charge in [0.05, 0.1) is 5.71 Å². The second-order valence-corrected chi connectivity index (χ2v) is 6.23. The van der Waals surface area contributed by atoms with Crippen LogP contribution in [-0.4, -0.2) is 40.6 Å². The number of carbonyl (C=O) groups excluding carboxylic acids is 1. The Morgan fingerprint density at radius 2 is 1.89 bits per heavy atom. The highest BCUT2D eigenvalue weighted by Crippen LogP contribution is 2.33. The summed E-state index contributed by atoms with van der Waals surface area (Å²) in [7, 11) is 0. The molecule has 102 valence electrons. The lowest BCUT2D eigenvalue weighted by Crippen LogP contribution is -2.52. The predicted molar refractivity (Wildman–Crippen MR) is 67.9 cm³/mol. The molecule has 1 aliphatic heterocycles. The van der Waals surface area contributed by atoms with Crippen LogP contribution in [0, 0.1) is 11.8 Å². The number of likely N-dealkylation sites (tertiary alicyclic amines) is 1. The van der Waals surface area contributed by atoms with E-state index in [-0.39, 0.29) is 17.9 Å². The molecule has 2 unspecified atom stereocenters. The Balaban J connectivity index is 2.04. The van der Waals surface area contributed by atoms with E-state index in [2.05, 4.69) is 5.16 Å². The molecule has 5 nitrogen and oxygen atoms in total. The number of carbonyl (C=O) groups is 1. The summed E-state index contributed by atoms with van der Waals surface area (Å²) in [6.45, 7) is 6.85. The number of ether oxygens (including phenoxy) is 1. The van der Waals surface area contributed by atoms with E-state index in [1.807, 2.05) is 20.8 Å². The summed E-state index contributed by atoms with van der Waals surface area (Å²) in [5.41, 5.74) is 0.415. The molecule has 18 heavy (non-hydrogen) atoms. The Labute approximate surface area is 108 Å². The van der Waals surface area contributed by atoms with Crippen LogP contribution in [0.5, 0.6) is 0 Å². The second kappa shape index (κ2) is 4.78. The van der Waals surface area contributed by atoms with Crippen molar-refractivity contribution in [3.63, 3.8) is 0 Å². The molecule has 1 aliphatic carbocycles. The average Bonchev–Trinajstić information content (AvgIpc) is 2.24. The number of hydrogen-bond donors (Lipinski definition) is 1. The lowest BCUT2D eigenvalue weighted by molar-refractivity contribution is 0.0168. The van der Waals surface area contributed by atoms with Crippen molar-refractivity contribution in [2.75, 3.05) is 13.1 Å². The Bertz CT molecular complexity index is 344. The third kappa shape index (κ3) is 2.76. The molecule has 2 rings (SSSR count). The maximum atomic E-state index is 12.0. The van der Waals surface area contributed by atoms with Gasteiger partial charge in [-0.2, -0.15) is 0 Å². The summed E-state index contributed by atoms with van der Waals surface area (Å²) in [6.07, 6.45) is 2.89. The average molecular weight is 254 g/mol. The Hall–Kier alpha value is -1.26. The highest BCUT2D eigenvalue weighted by molar-refractivity contribution is 5.91. The summed E-state index contributed by atoms with van der Waals surface area (Å²) >= 11 is 0. The monoisotopic (exact) mass is 254 g/mol. The third-order valence-electron chi connectivity index (χ3n) is 3.59. The highest BCUT2D eigenvalue weighted by Gasteiger charge is 2.39. The first-order valence-corrected chi connectivity index (χ1v) is 6.60. The van der Waals surface area contributed by atoms with Crippen molar-refractivity contribution in [3.8, 4) is 0 Å². The van der Waals surface area contributed by atoms with Gasteiger partial charge in [-0.25, -0.2) is 4.79 Å². The van der Waals surface area contributed by atoms with E-state index in [0.29, 0.717) is 13.1 Å². The zero-order chi connectivity index (χ0) is 13.3. The van der Waals surface area contributed by atoms with E-state index < -0.39 is 5.60 Å². The van der Waals surface area contributed by atoms with Gasteiger partial charge in [-0.1, -0.05) is 11.6 Å². The van der Waals surface area contributed by atoms with Crippen LogP contribution in [0.4, 0.5) is 4.79 Å². The molecular formula is C13H22N2O3. The normalized spacial score (nSPS) is 27.9. The molecule has 0 aromatic rings. The van der Waals surface area contributed by atoms with Gasteiger partial charge >= 0.3 is 6.09 Å². The van der Waals surface area contributed by atoms with Crippen molar-refractivity contribution in [1.29, 1.82) is 0 Å². The first-order valence-electron chi connectivity index (χ1n) is 6.60. The van der Waals surface area contributed by atoms with E-state index in [0.717, 1.165) is 25.0 Å². The number of piperidine rings is 1. The molecule has 2 aliphatic rings. The molecular weight excluding hydrogens is 232 g/mol. The summed E-state index contributed by atoms with van der Waals surface area (Å²) in [6, 6.07) is 0. The lowest BCUT2D eigenvalue weighted by Gasteiger charge is -2.41. The van der Waals surface area contributed by atoms with Gasteiger partial charge in [0.1, 0.15) is 5.60 Å². The number of rotatable bonds is 0. The Morgan fingerprint density at radius 3 is 2.33 bits per heavy atom. The van der Waals surface area contributed by atoms with E-state index in [4.69, 9.17) is 9.94 Å². The van der Waals surface area contributed by atoms with Crippen LogP contribution in [0.2, 0.25) is 0 Å². The van der Waals surface area contributed by atoms with Crippen LogP contribution in [0.15, 0.2) is 5.16 Å². The smallest absolute Gasteiger partial charge is 0.410 e. The van der Waals surface area contributed by atoms with Crippen molar-refractivity contribution < 1.29 is 14.7 Å². The van der Waals surface area contributed by atoms with Crippen LogP contribution in [0.25, 0.3) is 0 Å². The van der Waals surface area contributed by atoms with E-state index in [9.17, 15) is 4.79 Å². The van der Waals surface area contributed by atoms with Gasteiger partial charge < -0.3 is 14.8 Å². The van der Waals surface area contributed by atoms with E-state index in [1.54, 1.807) is 4.90 Å². The SMILES string of the molecule is CC(C)(C)OC(=O)N1CC2CCCC(C1)C2=NO. The third-order valence-corrected chi connectivity index (χ3v) is 3.59. The quantitative estimate of drug-likeness (QED) is 0.533. The van der Waals surface area contributed by atoms with Gasteiger partial charge in [-0.15, -0.1) is 0 Å². The zero-order valence-electron chi connectivity index (χ0n) is 11.3. The first-order chi connectivity index (χ1) is 8.40. The molecule has 1 amide bonds. The van der Waals surface area contributed by atoms with Gasteiger partial charge in [-0.05, 0) is 33.6 Å². The second-order valence-electron chi connectivity index (χ2n) is 6.23. The first kappa shape index (κ1) is 13.2. The minimum atomic E-state index is -0.461. The van der Waals surface area contributed by atoms with Crippen molar-refractivity contribution in [2.24, 2.45) is 17.0 Å². The summed E-state index contributed by atoms with van der Waals surface area (Å²) in [4.78, 5) is 13.8. The Kier molecular flexibility index (Phi) is 3.50. The lowest BCUT2D eigenvalue weighted by atomic mass is 9.76. The van der Waals surface area contributed by atoms with Crippen molar-refractivity contribution >= 4 is 11.8 Å². The van der Waals surface area contributed by atoms with Gasteiger partial charge in [-0.3, -0.25) is 0 Å². The molecule has 5 heteroatoms. The maximum Gasteiger partial charge on any atom is 0.410 e. The number of amides is 1. The molecule has 0 spiro atoms. The summed E-state index contributed by atoms with van der Waals surface area (Å²) < 4.78 is 5.40. The fourth-order valence-corrected chi connectivity index (χ4v) is 2.85. The van der Waals surface area contributed by atoms with Crippen LogP contribution in [-0.2, 0) is 4.74 Å².